The molecule has 0 aliphatic carbocycles. The fraction of sp³-hybridized carbons (Fsp3) is 0.250. The van der Waals surface area contributed by atoms with E-state index in [1.165, 1.54) is 4.88 Å². The lowest BCUT2D eigenvalue weighted by atomic mass is 10.1. The number of fused-ring (bicyclic) bond motifs is 1. The van der Waals surface area contributed by atoms with Crippen molar-refractivity contribution >= 4 is 45.4 Å². The lowest BCUT2D eigenvalue weighted by Gasteiger charge is -2.07. The van der Waals surface area contributed by atoms with Crippen molar-refractivity contribution in [2.75, 3.05) is 0 Å². The smallest absolute Gasteiger partial charge is 0.263 e. The van der Waals surface area contributed by atoms with Crippen LogP contribution in [0.25, 0.3) is 10.2 Å². The zero-order valence-electron chi connectivity index (χ0n) is 12.3. The predicted molar refractivity (Wildman–Crippen MR) is 95.9 cm³/mol. The molecule has 0 spiro atoms. The molecule has 0 saturated carbocycles. The van der Waals surface area contributed by atoms with Gasteiger partial charge >= 0.3 is 0 Å². The maximum Gasteiger partial charge on any atom is 0.263 e. The molecule has 0 saturated heterocycles. The number of hydrogen-bond donors (Lipinski definition) is 1. The second-order valence-electron chi connectivity index (χ2n) is 5.14. The van der Waals surface area contributed by atoms with Crippen LogP contribution in [0, 0.1) is 11.7 Å². The number of nitrogens with one attached hydrogen (secondary N) is 1. The summed E-state index contributed by atoms with van der Waals surface area (Å²) in [6.45, 7) is 4.56. The van der Waals surface area contributed by atoms with Gasteiger partial charge in [-0.3, -0.25) is 9.36 Å². The van der Waals surface area contributed by atoms with Crippen molar-refractivity contribution in [1.82, 2.24) is 9.55 Å². The summed E-state index contributed by atoms with van der Waals surface area (Å²) in [5.74, 6) is 0. The zero-order chi connectivity index (χ0) is 15.9. The molecule has 0 amide bonds. The number of rotatable bonds is 3. The van der Waals surface area contributed by atoms with Gasteiger partial charge in [-0.05, 0) is 48.8 Å². The van der Waals surface area contributed by atoms with Crippen molar-refractivity contribution in [3.8, 4) is 0 Å². The van der Waals surface area contributed by atoms with Gasteiger partial charge in [0.05, 0.1) is 11.9 Å². The first-order valence-corrected chi connectivity index (χ1v) is 8.61. The second kappa shape index (κ2) is 5.99. The van der Waals surface area contributed by atoms with Crippen LogP contribution in [0.5, 0.6) is 0 Å². The van der Waals surface area contributed by atoms with Crippen molar-refractivity contribution in [3.05, 3.63) is 60.4 Å². The largest absolute Gasteiger partial charge is 0.323 e. The van der Waals surface area contributed by atoms with E-state index in [0.717, 1.165) is 27.8 Å². The Morgan fingerprint density at radius 2 is 2.00 bits per heavy atom. The number of nitrogens with zero attached hydrogens (tertiary/aromatic N) is 1. The van der Waals surface area contributed by atoms with E-state index in [1.54, 1.807) is 15.9 Å². The zero-order valence-corrected chi connectivity index (χ0v) is 14.7. The Balaban J connectivity index is 2.19. The molecule has 0 aliphatic heterocycles. The lowest BCUT2D eigenvalue weighted by Crippen LogP contribution is -2.22. The quantitative estimate of drug-likeness (QED) is 0.695. The van der Waals surface area contributed by atoms with E-state index in [0.29, 0.717) is 16.3 Å². The summed E-state index contributed by atoms with van der Waals surface area (Å²) in [7, 11) is 0. The summed E-state index contributed by atoms with van der Waals surface area (Å²) in [6, 6.07) is 7.46. The van der Waals surface area contributed by atoms with E-state index in [9.17, 15) is 4.79 Å². The maximum absolute atomic E-state index is 12.9. The van der Waals surface area contributed by atoms with Gasteiger partial charge in [0.2, 0.25) is 0 Å². The van der Waals surface area contributed by atoms with Crippen molar-refractivity contribution < 1.29 is 0 Å². The maximum atomic E-state index is 12.9. The minimum atomic E-state index is -0.0186. The number of aryl methyl sites for hydroxylation is 2. The van der Waals surface area contributed by atoms with Gasteiger partial charge in [-0.2, -0.15) is 0 Å². The SMILES string of the molecule is CCc1c(C)sc2[nH]c(=S)n(Cc3ccc(Cl)cc3)c(=O)c12. The molecule has 2 heterocycles. The van der Waals surface area contributed by atoms with Gasteiger partial charge in [0.15, 0.2) is 4.77 Å². The molecule has 6 heteroatoms. The van der Waals surface area contributed by atoms with Crippen LogP contribution < -0.4 is 5.56 Å². The van der Waals surface area contributed by atoms with Crippen LogP contribution in [0.4, 0.5) is 0 Å². The lowest BCUT2D eigenvalue weighted by molar-refractivity contribution is 0.734. The highest BCUT2D eigenvalue weighted by molar-refractivity contribution is 7.71. The Morgan fingerprint density at radius 1 is 1.32 bits per heavy atom. The van der Waals surface area contributed by atoms with Gasteiger partial charge in [-0.1, -0.05) is 30.7 Å². The Labute approximate surface area is 142 Å². The third kappa shape index (κ3) is 2.64. The van der Waals surface area contributed by atoms with Crippen molar-refractivity contribution in [2.24, 2.45) is 0 Å². The van der Waals surface area contributed by atoms with Crippen LogP contribution in [0.1, 0.15) is 22.9 Å². The van der Waals surface area contributed by atoms with Crippen LogP contribution in [0.15, 0.2) is 29.1 Å². The average Bonchev–Trinajstić information content (AvgIpc) is 2.80. The van der Waals surface area contributed by atoms with Crippen molar-refractivity contribution in [1.29, 1.82) is 0 Å². The highest BCUT2D eigenvalue weighted by atomic mass is 35.5. The van der Waals surface area contributed by atoms with Gasteiger partial charge in [0.1, 0.15) is 4.83 Å². The monoisotopic (exact) mass is 350 g/mol. The van der Waals surface area contributed by atoms with Gasteiger partial charge in [0.25, 0.3) is 5.56 Å². The molecule has 2 aromatic heterocycles. The van der Waals surface area contributed by atoms with Crippen LogP contribution in [-0.4, -0.2) is 9.55 Å². The van der Waals surface area contributed by atoms with Crippen LogP contribution in [0.3, 0.4) is 0 Å². The Kier molecular flexibility index (Phi) is 4.21. The molecule has 1 aromatic carbocycles. The molecule has 0 unspecified atom stereocenters. The first kappa shape index (κ1) is 15.5. The molecule has 22 heavy (non-hydrogen) atoms. The van der Waals surface area contributed by atoms with E-state index in [4.69, 9.17) is 23.8 Å². The van der Waals surface area contributed by atoms with E-state index >= 15 is 0 Å². The molecule has 1 N–H and O–H groups in total. The molecule has 0 bridgehead atoms. The van der Waals surface area contributed by atoms with Crippen LogP contribution in [0.2, 0.25) is 5.02 Å². The normalized spacial score (nSPS) is 11.2. The highest BCUT2D eigenvalue weighted by Crippen LogP contribution is 2.27. The first-order valence-electron chi connectivity index (χ1n) is 7.00. The molecular weight excluding hydrogens is 336 g/mol. The molecule has 3 aromatic rings. The molecule has 0 atom stereocenters. The number of aromatic nitrogens is 2. The summed E-state index contributed by atoms with van der Waals surface area (Å²) in [4.78, 5) is 18.1. The minimum Gasteiger partial charge on any atom is -0.323 e. The summed E-state index contributed by atoms with van der Waals surface area (Å²) in [5.41, 5.74) is 2.09. The topological polar surface area (TPSA) is 37.8 Å². The molecule has 3 rings (SSSR count). The molecule has 3 nitrogen and oxygen atoms in total. The second-order valence-corrected chi connectivity index (χ2v) is 7.19. The predicted octanol–water partition coefficient (Wildman–Crippen LogP) is 4.69. The molecule has 0 fully saturated rings. The van der Waals surface area contributed by atoms with Crippen molar-refractivity contribution in [3.63, 3.8) is 0 Å². The molecule has 114 valence electrons. The van der Waals surface area contributed by atoms with Gasteiger partial charge in [0, 0.05) is 9.90 Å². The van der Waals surface area contributed by atoms with Crippen LogP contribution in [-0.2, 0) is 13.0 Å². The molecule has 0 aliphatic rings. The van der Waals surface area contributed by atoms with Crippen LogP contribution >= 0.6 is 35.2 Å². The standard InChI is InChI=1S/C16H15ClN2OS2/c1-3-12-9(2)22-14-13(12)15(20)19(16(21)18-14)8-10-4-6-11(17)7-5-10/h4-7H,3,8H2,1-2H3,(H,18,21). The summed E-state index contributed by atoms with van der Waals surface area (Å²) >= 11 is 12.9. The number of H-pyrrole nitrogens is 1. The third-order valence-electron chi connectivity index (χ3n) is 3.74. The first-order chi connectivity index (χ1) is 10.5. The Hall–Kier alpha value is -1.43. The Bertz CT molecular complexity index is 951. The average molecular weight is 351 g/mol. The van der Waals surface area contributed by atoms with Gasteiger partial charge in [-0.25, -0.2) is 0 Å². The summed E-state index contributed by atoms with van der Waals surface area (Å²) in [6.07, 6.45) is 0.840. The van der Waals surface area contributed by atoms with E-state index < -0.39 is 0 Å². The third-order valence-corrected chi connectivity index (χ3v) is 5.38. The van der Waals surface area contributed by atoms with Gasteiger partial charge in [-0.15, -0.1) is 11.3 Å². The number of halogens is 1. The van der Waals surface area contributed by atoms with Gasteiger partial charge < -0.3 is 4.98 Å². The van der Waals surface area contributed by atoms with E-state index in [1.807, 2.05) is 31.2 Å². The van der Waals surface area contributed by atoms with E-state index in [2.05, 4.69) is 11.9 Å². The number of thiophene rings is 1. The summed E-state index contributed by atoms with van der Waals surface area (Å²) < 4.78 is 2.07. The molecule has 0 radical (unpaired) electrons. The highest BCUT2D eigenvalue weighted by Gasteiger charge is 2.14. The number of benzene rings is 1. The minimum absolute atomic E-state index is 0.0186. The molecular formula is C16H15ClN2OS2. The van der Waals surface area contributed by atoms with Crippen molar-refractivity contribution in [2.45, 2.75) is 26.8 Å². The Morgan fingerprint density at radius 3 is 2.64 bits per heavy atom. The number of hydrogen-bond acceptors (Lipinski definition) is 3. The fourth-order valence-corrected chi connectivity index (χ4v) is 4.20. The summed E-state index contributed by atoms with van der Waals surface area (Å²) in [5, 5.41) is 1.45. The fourth-order valence-electron chi connectivity index (χ4n) is 2.63. The number of aromatic amines is 1. The van der Waals surface area contributed by atoms with E-state index in [-0.39, 0.29) is 5.56 Å².